The normalized spacial score (nSPS) is 19.6. The van der Waals surface area contributed by atoms with Crippen molar-refractivity contribution in [1.29, 1.82) is 0 Å². The number of fused-ring (bicyclic) bond motifs is 2. The van der Waals surface area contributed by atoms with E-state index in [0.29, 0.717) is 56.3 Å². The van der Waals surface area contributed by atoms with E-state index < -0.39 is 10.0 Å². The first-order valence-electron chi connectivity index (χ1n) is 8.88. The molecule has 3 heterocycles. The molecule has 0 bridgehead atoms. The molecule has 27 heavy (non-hydrogen) atoms. The zero-order chi connectivity index (χ0) is 19.2. The summed E-state index contributed by atoms with van der Waals surface area (Å²) in [7, 11) is -0.481. The van der Waals surface area contributed by atoms with Gasteiger partial charge in [0.25, 0.3) is 0 Å². The Morgan fingerprint density at radius 1 is 1.19 bits per heavy atom. The maximum atomic E-state index is 13.1. The van der Waals surface area contributed by atoms with Gasteiger partial charge in [-0.15, -0.1) is 0 Å². The predicted molar refractivity (Wildman–Crippen MR) is 96.6 cm³/mol. The molecule has 146 valence electrons. The molecule has 0 aliphatic carbocycles. The second-order valence-corrected chi connectivity index (χ2v) is 8.78. The molecule has 2 aliphatic heterocycles. The molecule has 9 nitrogen and oxygen atoms in total. The molecule has 4 rings (SSSR count). The van der Waals surface area contributed by atoms with Gasteiger partial charge in [0.15, 0.2) is 11.5 Å². The lowest BCUT2D eigenvalue weighted by Gasteiger charge is -2.27. The first-order chi connectivity index (χ1) is 12.9. The molecule has 1 aromatic heterocycles. The van der Waals surface area contributed by atoms with Crippen LogP contribution in [0.3, 0.4) is 0 Å². The summed E-state index contributed by atoms with van der Waals surface area (Å²) in [6.45, 7) is 1.30. The van der Waals surface area contributed by atoms with Crippen LogP contribution >= 0.6 is 0 Å². The minimum Gasteiger partial charge on any atom is -0.486 e. The summed E-state index contributed by atoms with van der Waals surface area (Å²) in [5.41, 5.74) is -0.164. The van der Waals surface area contributed by atoms with E-state index in [9.17, 15) is 13.2 Å². The van der Waals surface area contributed by atoms with E-state index in [1.807, 2.05) is 0 Å². The summed E-state index contributed by atoms with van der Waals surface area (Å²) in [6, 6.07) is 4.46. The first-order valence-corrected chi connectivity index (χ1v) is 10.3. The summed E-state index contributed by atoms with van der Waals surface area (Å²) in [5.74, 6) is 1.70. The van der Waals surface area contributed by atoms with Gasteiger partial charge in [0.1, 0.15) is 19.0 Å². The maximum absolute atomic E-state index is 13.1. The van der Waals surface area contributed by atoms with Gasteiger partial charge in [-0.05, 0) is 25.0 Å². The molecule has 1 aromatic carbocycles. The molecule has 2 aliphatic rings. The maximum Gasteiger partial charge on any atom is 0.345 e. The molecule has 0 radical (unpaired) electrons. The lowest BCUT2D eigenvalue weighted by Crippen LogP contribution is -2.37. The minimum absolute atomic E-state index is 0.164. The lowest BCUT2D eigenvalue weighted by molar-refractivity contribution is 0.171. The van der Waals surface area contributed by atoms with Crippen molar-refractivity contribution < 1.29 is 17.9 Å². The zero-order valence-electron chi connectivity index (χ0n) is 15.3. The standard InChI is InChI=1S/C17H22N4O5S/c1-19-17(22)21-8-7-12(3-6-16(21)18-19)20(2)27(23,24)13-4-5-14-15(11-13)26-10-9-25-14/h4-5,11-12H,3,6-10H2,1-2H3. The molecule has 10 heteroatoms. The Hall–Kier alpha value is -2.33. The smallest absolute Gasteiger partial charge is 0.345 e. The fraction of sp³-hybridized carbons (Fsp3) is 0.529. The summed E-state index contributed by atoms with van der Waals surface area (Å²) >= 11 is 0. The number of aryl methyl sites for hydroxylation is 2. The predicted octanol–water partition coefficient (Wildman–Crippen LogP) is 0.379. The Labute approximate surface area is 157 Å². The highest BCUT2D eigenvalue weighted by Gasteiger charge is 2.31. The van der Waals surface area contributed by atoms with Crippen molar-refractivity contribution >= 4 is 10.0 Å². The van der Waals surface area contributed by atoms with Gasteiger partial charge in [0.2, 0.25) is 10.0 Å². The molecular formula is C17H22N4O5S. The molecular weight excluding hydrogens is 372 g/mol. The molecule has 0 N–H and O–H groups in total. The molecule has 0 saturated carbocycles. The van der Waals surface area contributed by atoms with Crippen LogP contribution in [0.5, 0.6) is 11.5 Å². The van der Waals surface area contributed by atoms with Crippen molar-refractivity contribution in [1.82, 2.24) is 18.7 Å². The minimum atomic E-state index is -3.69. The summed E-state index contributed by atoms with van der Waals surface area (Å²) in [4.78, 5) is 12.3. The van der Waals surface area contributed by atoms with Crippen molar-refractivity contribution in [2.45, 2.75) is 36.7 Å². The monoisotopic (exact) mass is 394 g/mol. The van der Waals surface area contributed by atoms with Crippen LogP contribution in [0, 0.1) is 0 Å². The third-order valence-corrected chi connectivity index (χ3v) is 7.08. The molecule has 1 unspecified atom stereocenters. The Bertz CT molecular complexity index is 1030. The van der Waals surface area contributed by atoms with Crippen LogP contribution in [-0.2, 0) is 30.0 Å². The fourth-order valence-electron chi connectivity index (χ4n) is 3.59. The second kappa shape index (κ2) is 6.68. The largest absolute Gasteiger partial charge is 0.486 e. The Kier molecular flexibility index (Phi) is 4.47. The van der Waals surface area contributed by atoms with Crippen molar-refractivity contribution in [3.05, 3.63) is 34.5 Å². The number of ether oxygens (including phenoxy) is 2. The van der Waals surface area contributed by atoms with Gasteiger partial charge in [-0.25, -0.2) is 17.9 Å². The van der Waals surface area contributed by atoms with E-state index in [1.165, 1.54) is 21.1 Å². The average molecular weight is 394 g/mol. The van der Waals surface area contributed by atoms with Gasteiger partial charge in [-0.3, -0.25) is 4.57 Å². The molecule has 0 spiro atoms. The number of rotatable bonds is 3. The van der Waals surface area contributed by atoms with Crippen molar-refractivity contribution in [2.24, 2.45) is 7.05 Å². The van der Waals surface area contributed by atoms with Crippen LogP contribution in [-0.4, -0.2) is 53.4 Å². The number of nitrogens with zero attached hydrogens (tertiary/aromatic N) is 4. The van der Waals surface area contributed by atoms with Crippen molar-refractivity contribution in [2.75, 3.05) is 20.3 Å². The summed E-state index contributed by atoms with van der Waals surface area (Å²) in [5, 5.41) is 4.24. The van der Waals surface area contributed by atoms with Gasteiger partial charge in [-0.1, -0.05) is 0 Å². The van der Waals surface area contributed by atoms with E-state index >= 15 is 0 Å². The SMILES string of the molecule is CN(C1CCc2nn(C)c(=O)n2CC1)S(=O)(=O)c1ccc2c(c1)OCCO2. The third-order valence-electron chi connectivity index (χ3n) is 5.18. The van der Waals surface area contributed by atoms with Gasteiger partial charge >= 0.3 is 5.69 Å². The highest BCUT2D eigenvalue weighted by Crippen LogP contribution is 2.33. The van der Waals surface area contributed by atoms with E-state index in [-0.39, 0.29) is 16.6 Å². The second-order valence-electron chi connectivity index (χ2n) is 6.78. The van der Waals surface area contributed by atoms with Crippen LogP contribution in [0.2, 0.25) is 0 Å². The Morgan fingerprint density at radius 3 is 2.70 bits per heavy atom. The number of sulfonamides is 1. The van der Waals surface area contributed by atoms with Crippen molar-refractivity contribution in [3.63, 3.8) is 0 Å². The highest BCUT2D eigenvalue weighted by molar-refractivity contribution is 7.89. The first kappa shape index (κ1) is 18.1. The van der Waals surface area contributed by atoms with Crippen molar-refractivity contribution in [3.8, 4) is 11.5 Å². The molecule has 2 aromatic rings. The number of hydrogen-bond acceptors (Lipinski definition) is 6. The highest BCUT2D eigenvalue weighted by atomic mass is 32.2. The van der Waals surface area contributed by atoms with Gasteiger partial charge in [-0.2, -0.15) is 9.40 Å². The van der Waals surface area contributed by atoms with Crippen LogP contribution in [0.15, 0.2) is 27.9 Å². The Morgan fingerprint density at radius 2 is 1.93 bits per heavy atom. The fourth-order valence-corrected chi connectivity index (χ4v) is 5.02. The average Bonchev–Trinajstić information content (AvgIpc) is 2.83. The zero-order valence-corrected chi connectivity index (χ0v) is 16.1. The number of aromatic nitrogens is 3. The van der Waals surface area contributed by atoms with Gasteiger partial charge in [0, 0.05) is 39.2 Å². The van der Waals surface area contributed by atoms with Crippen LogP contribution in [0.1, 0.15) is 18.7 Å². The van der Waals surface area contributed by atoms with Crippen LogP contribution in [0.4, 0.5) is 0 Å². The van der Waals surface area contributed by atoms with Crippen LogP contribution in [0.25, 0.3) is 0 Å². The van der Waals surface area contributed by atoms with E-state index in [4.69, 9.17) is 9.47 Å². The molecule has 1 atom stereocenters. The van der Waals surface area contributed by atoms with E-state index in [2.05, 4.69) is 5.10 Å². The Balaban J connectivity index is 1.57. The molecule has 0 amide bonds. The quantitative estimate of drug-likeness (QED) is 0.747. The molecule has 0 saturated heterocycles. The lowest BCUT2D eigenvalue weighted by atomic mass is 10.1. The summed E-state index contributed by atoms with van der Waals surface area (Å²) < 4.78 is 41.5. The van der Waals surface area contributed by atoms with E-state index in [0.717, 1.165) is 0 Å². The topological polar surface area (TPSA) is 95.7 Å². The van der Waals surface area contributed by atoms with E-state index in [1.54, 1.807) is 24.7 Å². The van der Waals surface area contributed by atoms with Crippen LogP contribution < -0.4 is 15.2 Å². The number of hydrogen-bond donors (Lipinski definition) is 0. The third kappa shape index (κ3) is 3.12. The molecule has 0 fully saturated rings. The van der Waals surface area contributed by atoms with Gasteiger partial charge in [0.05, 0.1) is 4.90 Å². The van der Waals surface area contributed by atoms with Gasteiger partial charge < -0.3 is 9.47 Å². The number of benzene rings is 1. The summed E-state index contributed by atoms with van der Waals surface area (Å²) in [6.07, 6.45) is 1.72.